The lowest BCUT2D eigenvalue weighted by Gasteiger charge is -2.10. The summed E-state index contributed by atoms with van der Waals surface area (Å²) in [5.74, 6) is -1.90. The number of ether oxygens (including phenoxy) is 1. The van der Waals surface area contributed by atoms with Crippen LogP contribution in [0.5, 0.6) is 5.75 Å². The maximum atomic E-state index is 12.9. The molecule has 0 aliphatic heterocycles. The molecule has 0 saturated heterocycles. The lowest BCUT2D eigenvalue weighted by molar-refractivity contribution is -0.275. The summed E-state index contributed by atoms with van der Waals surface area (Å²) in [5, 5.41) is 2.58. The third-order valence-corrected chi connectivity index (χ3v) is 1.45. The van der Waals surface area contributed by atoms with E-state index in [1.54, 1.807) is 0 Å². The fraction of sp³-hybridized carbons (Fsp3) is 0.250. The van der Waals surface area contributed by atoms with Crippen molar-refractivity contribution in [2.24, 2.45) is 0 Å². The highest BCUT2D eigenvalue weighted by Gasteiger charge is 2.32. The molecule has 0 spiro atoms. The molecule has 0 aromatic heterocycles. The van der Waals surface area contributed by atoms with Crippen molar-refractivity contribution >= 4 is 5.69 Å². The van der Waals surface area contributed by atoms with Crippen molar-refractivity contribution in [3.63, 3.8) is 0 Å². The molecule has 14 heavy (non-hydrogen) atoms. The second-order valence-corrected chi connectivity index (χ2v) is 2.44. The minimum Gasteiger partial charge on any atom is -0.403 e. The molecule has 0 saturated carbocycles. The molecule has 0 aliphatic carbocycles. The quantitative estimate of drug-likeness (QED) is 0.756. The molecule has 0 heterocycles. The molecule has 0 atom stereocenters. The third-order valence-electron chi connectivity index (χ3n) is 1.45. The maximum Gasteiger partial charge on any atom is 0.573 e. The van der Waals surface area contributed by atoms with E-state index in [1.165, 1.54) is 13.1 Å². The molecule has 0 fully saturated rings. The van der Waals surface area contributed by atoms with Gasteiger partial charge in [0.25, 0.3) is 0 Å². The Labute approximate surface area is 77.5 Å². The van der Waals surface area contributed by atoms with E-state index < -0.39 is 17.9 Å². The van der Waals surface area contributed by atoms with Crippen molar-refractivity contribution in [1.29, 1.82) is 0 Å². The second-order valence-electron chi connectivity index (χ2n) is 2.44. The average Bonchev–Trinajstić information content (AvgIpc) is 2.06. The first-order valence-corrected chi connectivity index (χ1v) is 3.65. The summed E-state index contributed by atoms with van der Waals surface area (Å²) in [7, 11) is 1.53. The summed E-state index contributed by atoms with van der Waals surface area (Å²) >= 11 is 0. The number of hydrogen-bond donors (Lipinski definition) is 1. The molecule has 0 unspecified atom stereocenters. The van der Waals surface area contributed by atoms with Gasteiger partial charge in [0.15, 0.2) is 11.6 Å². The van der Waals surface area contributed by atoms with Crippen molar-refractivity contribution in [2.45, 2.75) is 6.36 Å². The summed E-state index contributed by atoms with van der Waals surface area (Å²) in [6, 6.07) is 3.11. The first-order chi connectivity index (χ1) is 6.42. The van der Waals surface area contributed by atoms with Crippen LogP contribution in [-0.2, 0) is 0 Å². The van der Waals surface area contributed by atoms with Crippen LogP contribution in [-0.4, -0.2) is 13.4 Å². The standard InChI is InChI=1S/C8H7F4NO/c1-13-5-2-3-7(6(9)4-5)14-8(10,11)12/h2-4,13H,1H3. The van der Waals surface area contributed by atoms with Gasteiger partial charge in [0.2, 0.25) is 0 Å². The number of rotatable bonds is 2. The summed E-state index contributed by atoms with van der Waals surface area (Å²) in [4.78, 5) is 0. The predicted octanol–water partition coefficient (Wildman–Crippen LogP) is 2.77. The zero-order valence-electron chi connectivity index (χ0n) is 7.15. The topological polar surface area (TPSA) is 21.3 Å². The Balaban J connectivity index is 2.89. The lowest BCUT2D eigenvalue weighted by Crippen LogP contribution is -2.17. The van der Waals surface area contributed by atoms with E-state index in [-0.39, 0.29) is 0 Å². The highest BCUT2D eigenvalue weighted by molar-refractivity contribution is 5.46. The van der Waals surface area contributed by atoms with Crippen molar-refractivity contribution in [2.75, 3.05) is 12.4 Å². The van der Waals surface area contributed by atoms with Crippen LogP contribution in [0.4, 0.5) is 23.2 Å². The summed E-state index contributed by atoms with van der Waals surface area (Å²) < 4.78 is 51.4. The van der Waals surface area contributed by atoms with Crippen molar-refractivity contribution in [3.05, 3.63) is 24.0 Å². The highest BCUT2D eigenvalue weighted by Crippen LogP contribution is 2.27. The van der Waals surface area contributed by atoms with E-state index in [1.807, 2.05) is 0 Å². The molecule has 1 aromatic rings. The zero-order chi connectivity index (χ0) is 10.8. The Morgan fingerprint density at radius 3 is 2.36 bits per heavy atom. The first kappa shape index (κ1) is 10.6. The summed E-state index contributed by atoms with van der Waals surface area (Å²) in [6.45, 7) is 0. The molecular formula is C8H7F4NO. The monoisotopic (exact) mass is 209 g/mol. The maximum absolute atomic E-state index is 12.9. The van der Waals surface area contributed by atoms with E-state index in [4.69, 9.17) is 0 Å². The normalized spacial score (nSPS) is 11.2. The smallest absolute Gasteiger partial charge is 0.403 e. The van der Waals surface area contributed by atoms with Gasteiger partial charge in [-0.25, -0.2) is 4.39 Å². The van der Waals surface area contributed by atoms with Gasteiger partial charge in [-0.05, 0) is 12.1 Å². The van der Waals surface area contributed by atoms with Gasteiger partial charge in [0, 0.05) is 18.8 Å². The largest absolute Gasteiger partial charge is 0.573 e. The van der Waals surface area contributed by atoms with E-state index in [0.717, 1.165) is 12.1 Å². The van der Waals surface area contributed by atoms with E-state index >= 15 is 0 Å². The fourth-order valence-electron chi connectivity index (χ4n) is 0.864. The van der Waals surface area contributed by atoms with Crippen LogP contribution in [0.15, 0.2) is 18.2 Å². The number of halogens is 4. The van der Waals surface area contributed by atoms with Gasteiger partial charge in [-0.15, -0.1) is 13.2 Å². The van der Waals surface area contributed by atoms with Gasteiger partial charge >= 0.3 is 6.36 Å². The van der Waals surface area contributed by atoms with Crippen molar-refractivity contribution < 1.29 is 22.3 Å². The summed E-state index contributed by atoms with van der Waals surface area (Å²) in [5.41, 5.74) is 0.372. The van der Waals surface area contributed by atoms with E-state index in [9.17, 15) is 17.6 Å². The molecule has 6 heteroatoms. The van der Waals surface area contributed by atoms with Crippen LogP contribution < -0.4 is 10.1 Å². The molecule has 0 aliphatic rings. The van der Waals surface area contributed by atoms with Gasteiger partial charge in [0.05, 0.1) is 0 Å². The fourth-order valence-corrected chi connectivity index (χ4v) is 0.864. The highest BCUT2D eigenvalue weighted by atomic mass is 19.4. The van der Waals surface area contributed by atoms with Crippen LogP contribution in [0.25, 0.3) is 0 Å². The van der Waals surface area contributed by atoms with Gasteiger partial charge in [-0.2, -0.15) is 0 Å². The number of alkyl halides is 3. The number of benzene rings is 1. The molecule has 2 nitrogen and oxygen atoms in total. The minimum absolute atomic E-state index is 0.372. The van der Waals surface area contributed by atoms with Crippen LogP contribution >= 0.6 is 0 Å². The first-order valence-electron chi connectivity index (χ1n) is 3.65. The SMILES string of the molecule is CNc1ccc(OC(F)(F)F)c(F)c1. The van der Waals surface area contributed by atoms with E-state index in [2.05, 4.69) is 10.1 Å². The Morgan fingerprint density at radius 2 is 1.93 bits per heavy atom. The van der Waals surface area contributed by atoms with Gasteiger partial charge in [-0.1, -0.05) is 0 Å². The Kier molecular flexibility index (Phi) is 2.83. The Hall–Kier alpha value is -1.46. The number of hydrogen-bond acceptors (Lipinski definition) is 2. The van der Waals surface area contributed by atoms with Crippen molar-refractivity contribution in [3.8, 4) is 5.75 Å². The van der Waals surface area contributed by atoms with Crippen molar-refractivity contribution in [1.82, 2.24) is 0 Å². The molecule has 1 N–H and O–H groups in total. The number of anilines is 1. The minimum atomic E-state index is -4.87. The summed E-state index contributed by atoms with van der Waals surface area (Å²) in [6.07, 6.45) is -4.87. The molecule has 0 amide bonds. The molecule has 0 bridgehead atoms. The average molecular weight is 209 g/mol. The van der Waals surface area contributed by atoms with Crippen LogP contribution in [0.2, 0.25) is 0 Å². The van der Waals surface area contributed by atoms with Gasteiger partial charge < -0.3 is 10.1 Å². The molecular weight excluding hydrogens is 202 g/mol. The molecule has 1 aromatic carbocycles. The van der Waals surface area contributed by atoms with E-state index in [0.29, 0.717) is 5.69 Å². The van der Waals surface area contributed by atoms with Crippen LogP contribution in [0.1, 0.15) is 0 Å². The third kappa shape index (κ3) is 2.79. The van der Waals surface area contributed by atoms with Crippen LogP contribution in [0.3, 0.4) is 0 Å². The van der Waals surface area contributed by atoms with Crippen LogP contribution in [0, 0.1) is 5.82 Å². The number of nitrogens with one attached hydrogen (secondary N) is 1. The second kappa shape index (κ2) is 3.73. The Bertz CT molecular complexity index is 324. The van der Waals surface area contributed by atoms with Gasteiger partial charge in [-0.3, -0.25) is 0 Å². The molecule has 1 rings (SSSR count). The Morgan fingerprint density at radius 1 is 1.29 bits per heavy atom. The predicted molar refractivity (Wildman–Crippen MR) is 42.6 cm³/mol. The zero-order valence-corrected chi connectivity index (χ0v) is 7.15. The van der Waals surface area contributed by atoms with Gasteiger partial charge in [0.1, 0.15) is 0 Å². The lowest BCUT2D eigenvalue weighted by atomic mass is 10.3. The molecule has 78 valence electrons. The molecule has 0 radical (unpaired) electrons.